The van der Waals surface area contributed by atoms with Crippen molar-refractivity contribution in [1.29, 1.82) is 5.41 Å². The molecular formula is C18H24Cl2N3Ti-. The first-order valence-corrected chi connectivity index (χ1v) is 7.47. The number of benzene rings is 1. The molecule has 3 nitrogen and oxygen atoms in total. The van der Waals surface area contributed by atoms with Gasteiger partial charge in [0.25, 0.3) is 0 Å². The molecule has 0 amide bonds. The van der Waals surface area contributed by atoms with E-state index in [4.69, 9.17) is 5.41 Å². The Balaban J connectivity index is 0. The second-order valence-corrected chi connectivity index (χ2v) is 4.95. The fourth-order valence-corrected chi connectivity index (χ4v) is 2.44. The number of para-hydroxylation sites is 1. The molecule has 0 saturated heterocycles. The van der Waals surface area contributed by atoms with E-state index in [1.165, 1.54) is 16.8 Å². The molecule has 6 heteroatoms. The molecule has 0 radical (unpaired) electrons. The second kappa shape index (κ2) is 13.4. The van der Waals surface area contributed by atoms with E-state index < -0.39 is 0 Å². The maximum atomic E-state index is 7.54. The van der Waals surface area contributed by atoms with E-state index in [-0.39, 0.29) is 46.5 Å². The molecule has 0 fully saturated rings. The molecule has 24 heavy (non-hydrogen) atoms. The number of nitrogens with one attached hydrogen (secondary N) is 1. The second-order valence-electron chi connectivity index (χ2n) is 4.95. The van der Waals surface area contributed by atoms with E-state index >= 15 is 0 Å². The zero-order valence-corrected chi connectivity index (χ0v) is 17.3. The van der Waals surface area contributed by atoms with Crippen LogP contribution in [0, 0.1) is 11.5 Å². The Hall–Kier alpha value is -0.866. The van der Waals surface area contributed by atoms with Crippen molar-refractivity contribution in [3.05, 3.63) is 53.6 Å². The summed E-state index contributed by atoms with van der Waals surface area (Å²) >= 11 is 0. The van der Waals surface area contributed by atoms with Gasteiger partial charge in [0.2, 0.25) is 0 Å². The average Bonchev–Trinajstić information content (AvgIpc) is 3.20. The monoisotopic (exact) mass is 400 g/mol. The molecule has 0 atom stereocenters. The number of halogens is 2. The first-order valence-electron chi connectivity index (χ1n) is 7.47. The quantitative estimate of drug-likeness (QED) is 0.575. The number of nitrogens with zero attached hydrogens (tertiary/aromatic N) is 2. The van der Waals surface area contributed by atoms with Crippen molar-refractivity contribution >= 4 is 42.7 Å². The van der Waals surface area contributed by atoms with Crippen molar-refractivity contribution in [3.8, 4) is 0 Å². The zero-order valence-electron chi connectivity index (χ0n) is 14.1. The van der Waals surface area contributed by atoms with Crippen LogP contribution in [-0.4, -0.2) is 18.7 Å². The summed E-state index contributed by atoms with van der Waals surface area (Å²) in [4.78, 5) is 6.11. The number of hydrogen-bond donors (Lipinski definition) is 1. The molecule has 1 aromatic rings. The van der Waals surface area contributed by atoms with Crippen LogP contribution in [0.3, 0.4) is 0 Å². The van der Waals surface area contributed by atoms with Gasteiger partial charge in [0.15, 0.2) is 0 Å². The minimum atomic E-state index is 0. The summed E-state index contributed by atoms with van der Waals surface area (Å²) in [5.41, 5.74) is 3.92. The maximum Gasteiger partial charge on any atom is 0.142 e. The Bertz CT molecular complexity index is 566. The van der Waals surface area contributed by atoms with Crippen LogP contribution in [-0.2, 0) is 34.6 Å². The molecule has 2 aliphatic rings. The van der Waals surface area contributed by atoms with E-state index in [1.54, 1.807) is 6.34 Å². The van der Waals surface area contributed by atoms with Gasteiger partial charge < -0.3 is 4.90 Å². The molecule has 3 rings (SSSR count). The topological polar surface area (TPSA) is 39.5 Å². The Labute approximate surface area is 172 Å². The summed E-state index contributed by atoms with van der Waals surface area (Å²) in [6.45, 7) is 4.93. The molecule has 1 aliphatic heterocycles. The van der Waals surface area contributed by atoms with Crippen LogP contribution in [0.5, 0.6) is 0 Å². The summed E-state index contributed by atoms with van der Waals surface area (Å²) in [6, 6.07) is 6.42. The van der Waals surface area contributed by atoms with Crippen molar-refractivity contribution in [2.45, 2.75) is 33.1 Å². The SMILES string of the molecule is CCc1cccc(CC)c1N1C=NC(=N)C1.Cl.Cl.[C-]1=CC=CC1.[Ti]. The smallest absolute Gasteiger partial charge is 0.142 e. The van der Waals surface area contributed by atoms with Crippen LogP contribution >= 0.6 is 24.8 Å². The van der Waals surface area contributed by atoms with Crippen molar-refractivity contribution in [2.24, 2.45) is 4.99 Å². The van der Waals surface area contributed by atoms with Crippen LogP contribution in [0.1, 0.15) is 31.4 Å². The normalized spacial score (nSPS) is 13.6. The summed E-state index contributed by atoms with van der Waals surface area (Å²) in [5.74, 6) is 0.438. The predicted octanol–water partition coefficient (Wildman–Crippen LogP) is 4.78. The van der Waals surface area contributed by atoms with Gasteiger partial charge in [-0.15, -0.1) is 31.2 Å². The fourth-order valence-electron chi connectivity index (χ4n) is 2.44. The van der Waals surface area contributed by atoms with E-state index in [1.807, 2.05) is 12.2 Å². The Morgan fingerprint density at radius 2 is 1.79 bits per heavy atom. The molecule has 1 N–H and O–H groups in total. The Kier molecular flexibility index (Phi) is 14.2. The van der Waals surface area contributed by atoms with Crippen LogP contribution in [0.15, 0.2) is 41.4 Å². The molecule has 0 bridgehead atoms. The molecule has 1 aromatic carbocycles. The van der Waals surface area contributed by atoms with Gasteiger partial charge in [-0.1, -0.05) is 32.0 Å². The Morgan fingerprint density at radius 1 is 1.17 bits per heavy atom. The third-order valence-corrected chi connectivity index (χ3v) is 3.51. The molecule has 1 heterocycles. The zero-order chi connectivity index (χ0) is 15.1. The van der Waals surface area contributed by atoms with Crippen molar-refractivity contribution < 1.29 is 21.7 Å². The average molecular weight is 401 g/mol. The van der Waals surface area contributed by atoms with Gasteiger partial charge in [-0.2, -0.15) is 6.08 Å². The molecule has 0 saturated carbocycles. The number of anilines is 1. The number of rotatable bonds is 3. The molecule has 0 unspecified atom stereocenters. The number of amidine groups is 1. The first-order chi connectivity index (χ1) is 10.3. The van der Waals surface area contributed by atoms with E-state index in [0.717, 1.165) is 19.3 Å². The van der Waals surface area contributed by atoms with Gasteiger partial charge in [-0.25, -0.2) is 17.1 Å². The minimum Gasteiger partial charge on any atom is -0.324 e. The summed E-state index contributed by atoms with van der Waals surface area (Å²) in [6.07, 6.45) is 13.8. The van der Waals surface area contributed by atoms with Gasteiger partial charge in [0.05, 0.1) is 12.9 Å². The van der Waals surface area contributed by atoms with Gasteiger partial charge in [0.1, 0.15) is 5.84 Å². The number of allylic oxidation sites excluding steroid dienone is 4. The van der Waals surface area contributed by atoms with Gasteiger partial charge in [-0.05, 0) is 24.0 Å². The third-order valence-electron chi connectivity index (χ3n) is 3.51. The third kappa shape index (κ3) is 6.94. The molecule has 0 spiro atoms. The molecule has 1 aliphatic carbocycles. The minimum absolute atomic E-state index is 0. The maximum absolute atomic E-state index is 7.54. The Morgan fingerprint density at radius 3 is 2.12 bits per heavy atom. The number of aliphatic imine (C=N–C) groups is 1. The molecule has 130 valence electrons. The van der Waals surface area contributed by atoms with Crippen molar-refractivity contribution in [2.75, 3.05) is 11.4 Å². The van der Waals surface area contributed by atoms with Crippen LogP contribution in [0.4, 0.5) is 5.69 Å². The molecular weight excluding hydrogens is 377 g/mol. The number of hydrogen-bond acceptors (Lipinski definition) is 2. The van der Waals surface area contributed by atoms with Crippen molar-refractivity contribution in [3.63, 3.8) is 0 Å². The van der Waals surface area contributed by atoms with Crippen LogP contribution < -0.4 is 4.90 Å². The van der Waals surface area contributed by atoms with Gasteiger partial charge in [-0.3, -0.25) is 11.5 Å². The van der Waals surface area contributed by atoms with E-state index in [2.05, 4.69) is 54.1 Å². The van der Waals surface area contributed by atoms with Crippen molar-refractivity contribution in [1.82, 2.24) is 0 Å². The first kappa shape index (κ1) is 25.4. The molecule has 0 aromatic heterocycles. The van der Waals surface area contributed by atoms with Gasteiger partial charge >= 0.3 is 0 Å². The van der Waals surface area contributed by atoms with Crippen LogP contribution in [0.2, 0.25) is 0 Å². The largest absolute Gasteiger partial charge is 0.324 e. The summed E-state index contributed by atoms with van der Waals surface area (Å²) < 4.78 is 0. The van der Waals surface area contributed by atoms with E-state index in [9.17, 15) is 0 Å². The summed E-state index contributed by atoms with van der Waals surface area (Å²) in [5, 5.41) is 7.54. The standard InChI is InChI=1S/C13H17N3.C5H5.2ClH.Ti/c1-3-10-6-5-7-11(4-2)13(10)16-8-12(14)15-9-16;1-2-4-5-3-1;;;/h5-7,9,14H,3-4,8H2,1-2H3;1-3H,4H2;2*1H;/q;-1;;;. The van der Waals surface area contributed by atoms with Crippen LogP contribution in [0.25, 0.3) is 0 Å². The fraction of sp³-hybridized carbons (Fsp3) is 0.333. The number of aryl methyl sites for hydroxylation is 2. The van der Waals surface area contributed by atoms with E-state index in [0.29, 0.717) is 12.4 Å². The van der Waals surface area contributed by atoms with Gasteiger partial charge in [0, 0.05) is 27.4 Å². The predicted molar refractivity (Wildman–Crippen MR) is 105 cm³/mol. The summed E-state index contributed by atoms with van der Waals surface area (Å²) in [7, 11) is 0.